The van der Waals surface area contributed by atoms with Crippen LogP contribution in [0.4, 0.5) is 0 Å². The summed E-state index contributed by atoms with van der Waals surface area (Å²) in [7, 11) is 0. The van der Waals surface area contributed by atoms with Crippen LogP contribution in [0, 0.1) is 0 Å². The third-order valence-corrected chi connectivity index (χ3v) is 2.90. The molecule has 1 rings (SSSR count). The van der Waals surface area contributed by atoms with Gasteiger partial charge < -0.3 is 10.4 Å². The van der Waals surface area contributed by atoms with Crippen molar-refractivity contribution in [3.05, 3.63) is 35.9 Å². The molecule has 0 fully saturated rings. The molecule has 1 aromatic carbocycles. The van der Waals surface area contributed by atoms with E-state index in [9.17, 15) is 14.4 Å². The first-order valence-corrected chi connectivity index (χ1v) is 6.54. The lowest BCUT2D eigenvalue weighted by molar-refractivity contribution is -0.137. The summed E-state index contributed by atoms with van der Waals surface area (Å²) < 4.78 is 0. The van der Waals surface area contributed by atoms with Crippen LogP contribution in [0.15, 0.2) is 30.3 Å². The van der Waals surface area contributed by atoms with Crippen LogP contribution in [0.2, 0.25) is 0 Å². The molecule has 0 saturated heterocycles. The largest absolute Gasteiger partial charge is 0.481 e. The van der Waals surface area contributed by atoms with E-state index in [1.165, 1.54) is 6.92 Å². The van der Waals surface area contributed by atoms with Gasteiger partial charge in [0.2, 0.25) is 5.91 Å². The summed E-state index contributed by atoms with van der Waals surface area (Å²) in [6.07, 6.45) is 0.791. The smallest absolute Gasteiger partial charge is 0.303 e. The van der Waals surface area contributed by atoms with Gasteiger partial charge in [-0.25, -0.2) is 0 Å². The molecule has 5 heteroatoms. The highest BCUT2D eigenvalue weighted by Gasteiger charge is 2.17. The zero-order chi connectivity index (χ0) is 15.0. The van der Waals surface area contributed by atoms with E-state index in [-0.39, 0.29) is 31.0 Å². The second kappa shape index (κ2) is 8.09. The Bertz CT molecular complexity index is 470. The Kier molecular flexibility index (Phi) is 6.43. The molecule has 0 heterocycles. The average Bonchev–Trinajstić information content (AvgIpc) is 2.38. The maximum Gasteiger partial charge on any atom is 0.303 e. The Hall–Kier alpha value is -2.17. The van der Waals surface area contributed by atoms with E-state index in [0.717, 1.165) is 5.56 Å². The summed E-state index contributed by atoms with van der Waals surface area (Å²) in [6, 6.07) is 8.87. The fourth-order valence-corrected chi connectivity index (χ4v) is 1.81. The number of ketones is 1. The van der Waals surface area contributed by atoms with Crippen molar-refractivity contribution in [1.82, 2.24) is 5.32 Å². The Morgan fingerprint density at radius 2 is 1.80 bits per heavy atom. The molecule has 0 bridgehead atoms. The SMILES string of the molecule is CC(=O)[C@H](Cc1ccccc1)NC(=O)CCCC(=O)O. The lowest BCUT2D eigenvalue weighted by atomic mass is 10.0. The van der Waals surface area contributed by atoms with Gasteiger partial charge in [0, 0.05) is 12.8 Å². The summed E-state index contributed by atoms with van der Waals surface area (Å²) in [4.78, 5) is 33.6. The van der Waals surface area contributed by atoms with E-state index in [2.05, 4.69) is 5.32 Å². The van der Waals surface area contributed by atoms with Crippen molar-refractivity contribution in [3.8, 4) is 0 Å². The van der Waals surface area contributed by atoms with Crippen molar-refractivity contribution in [3.63, 3.8) is 0 Å². The first kappa shape index (κ1) is 15.9. The second-order valence-electron chi connectivity index (χ2n) is 4.67. The quantitative estimate of drug-likeness (QED) is 0.755. The molecule has 0 unspecified atom stereocenters. The van der Waals surface area contributed by atoms with Crippen LogP contribution in [0.25, 0.3) is 0 Å². The van der Waals surface area contributed by atoms with E-state index >= 15 is 0 Å². The Morgan fingerprint density at radius 1 is 1.15 bits per heavy atom. The highest BCUT2D eigenvalue weighted by molar-refractivity contribution is 5.87. The third-order valence-electron chi connectivity index (χ3n) is 2.90. The molecule has 1 amide bonds. The zero-order valence-corrected chi connectivity index (χ0v) is 11.5. The Morgan fingerprint density at radius 3 is 2.35 bits per heavy atom. The molecule has 0 spiro atoms. The minimum Gasteiger partial charge on any atom is -0.481 e. The molecule has 20 heavy (non-hydrogen) atoms. The van der Waals surface area contributed by atoms with Gasteiger partial charge in [0.05, 0.1) is 6.04 Å². The van der Waals surface area contributed by atoms with Crippen molar-refractivity contribution in [2.45, 2.75) is 38.6 Å². The van der Waals surface area contributed by atoms with Gasteiger partial charge in [0.15, 0.2) is 5.78 Å². The van der Waals surface area contributed by atoms with E-state index in [1.54, 1.807) is 0 Å². The van der Waals surface area contributed by atoms with Crippen molar-refractivity contribution in [2.24, 2.45) is 0 Å². The van der Waals surface area contributed by atoms with Crippen LogP contribution >= 0.6 is 0 Å². The number of benzene rings is 1. The lowest BCUT2D eigenvalue weighted by Gasteiger charge is -2.16. The maximum absolute atomic E-state index is 11.7. The predicted molar refractivity (Wildman–Crippen MR) is 74.2 cm³/mol. The molecule has 1 aromatic rings. The van der Waals surface area contributed by atoms with Gasteiger partial charge in [-0.3, -0.25) is 14.4 Å². The molecule has 0 radical (unpaired) electrons. The van der Waals surface area contributed by atoms with Gasteiger partial charge in [0.25, 0.3) is 0 Å². The fourth-order valence-electron chi connectivity index (χ4n) is 1.81. The Labute approximate surface area is 118 Å². The standard InChI is InChI=1S/C15H19NO4/c1-11(17)13(10-12-6-3-2-4-7-12)16-14(18)8-5-9-15(19)20/h2-4,6-7,13H,5,8-10H2,1H3,(H,16,18)(H,19,20)/t13-/m0/s1. The highest BCUT2D eigenvalue weighted by atomic mass is 16.4. The van der Waals surface area contributed by atoms with Crippen LogP contribution in [-0.4, -0.2) is 28.8 Å². The number of hydrogen-bond donors (Lipinski definition) is 2. The molecule has 0 aliphatic rings. The summed E-state index contributed by atoms with van der Waals surface area (Å²) in [6.45, 7) is 1.44. The van der Waals surface area contributed by atoms with Crippen LogP contribution in [0.3, 0.4) is 0 Å². The fraction of sp³-hybridized carbons (Fsp3) is 0.400. The summed E-state index contributed by atoms with van der Waals surface area (Å²) in [5, 5.41) is 11.2. The third kappa shape index (κ3) is 6.13. The van der Waals surface area contributed by atoms with Gasteiger partial charge in [-0.15, -0.1) is 0 Å². The molecule has 5 nitrogen and oxygen atoms in total. The number of Topliss-reactive ketones (excluding diaryl/α,β-unsaturated/α-hetero) is 1. The number of carboxylic acids is 1. The number of rotatable bonds is 8. The molecule has 0 aliphatic carbocycles. The van der Waals surface area contributed by atoms with E-state index < -0.39 is 12.0 Å². The first-order valence-electron chi connectivity index (χ1n) is 6.54. The molecule has 0 aliphatic heterocycles. The Balaban J connectivity index is 2.49. The topological polar surface area (TPSA) is 83.5 Å². The lowest BCUT2D eigenvalue weighted by Crippen LogP contribution is -2.41. The van der Waals surface area contributed by atoms with Crippen molar-refractivity contribution in [2.75, 3.05) is 0 Å². The second-order valence-corrected chi connectivity index (χ2v) is 4.67. The van der Waals surface area contributed by atoms with Crippen molar-refractivity contribution in [1.29, 1.82) is 0 Å². The summed E-state index contributed by atoms with van der Waals surface area (Å²) in [5.41, 5.74) is 0.971. The van der Waals surface area contributed by atoms with E-state index in [0.29, 0.717) is 6.42 Å². The normalized spacial score (nSPS) is 11.7. The van der Waals surface area contributed by atoms with Crippen LogP contribution in [0.5, 0.6) is 0 Å². The first-order chi connectivity index (χ1) is 9.49. The number of amides is 1. The van der Waals surface area contributed by atoms with Gasteiger partial charge in [0.1, 0.15) is 0 Å². The van der Waals surface area contributed by atoms with Crippen molar-refractivity contribution < 1.29 is 19.5 Å². The minimum absolute atomic E-state index is 0.0448. The van der Waals surface area contributed by atoms with Crippen molar-refractivity contribution >= 4 is 17.7 Å². The number of hydrogen-bond acceptors (Lipinski definition) is 3. The number of aliphatic carboxylic acids is 1. The van der Waals surface area contributed by atoms with E-state index in [1.807, 2.05) is 30.3 Å². The molecule has 0 aromatic heterocycles. The maximum atomic E-state index is 11.7. The molecule has 1 atom stereocenters. The number of carboxylic acid groups (broad SMARTS) is 1. The van der Waals surface area contributed by atoms with Crippen LogP contribution < -0.4 is 5.32 Å². The van der Waals surface area contributed by atoms with Gasteiger partial charge in [-0.05, 0) is 25.3 Å². The molecular weight excluding hydrogens is 258 g/mol. The minimum atomic E-state index is -0.926. The van der Waals surface area contributed by atoms with E-state index in [4.69, 9.17) is 5.11 Å². The molecular formula is C15H19NO4. The predicted octanol–water partition coefficient (Wildman–Crippen LogP) is 1.56. The zero-order valence-electron chi connectivity index (χ0n) is 11.5. The van der Waals surface area contributed by atoms with Gasteiger partial charge >= 0.3 is 5.97 Å². The summed E-state index contributed by atoms with van der Waals surface area (Å²) >= 11 is 0. The number of nitrogens with one attached hydrogen (secondary N) is 1. The molecule has 0 saturated carbocycles. The van der Waals surface area contributed by atoms with Gasteiger partial charge in [-0.2, -0.15) is 0 Å². The number of carbonyl (C=O) groups excluding carboxylic acids is 2. The molecule has 108 valence electrons. The van der Waals surface area contributed by atoms with Crippen LogP contribution in [0.1, 0.15) is 31.7 Å². The monoisotopic (exact) mass is 277 g/mol. The molecule has 2 N–H and O–H groups in total. The highest BCUT2D eigenvalue weighted by Crippen LogP contribution is 2.05. The van der Waals surface area contributed by atoms with Gasteiger partial charge in [-0.1, -0.05) is 30.3 Å². The van der Waals surface area contributed by atoms with Crippen LogP contribution in [-0.2, 0) is 20.8 Å². The number of carbonyl (C=O) groups is 3. The summed E-state index contributed by atoms with van der Waals surface area (Å²) in [5.74, 6) is -1.33. The average molecular weight is 277 g/mol.